The fraction of sp³-hybridized carbons (Fsp3) is 1.00. The number of alkyl halides is 1. The predicted octanol–water partition coefficient (Wildman–Crippen LogP) is 2.71. The Morgan fingerprint density at radius 3 is 3.00 bits per heavy atom. The summed E-state index contributed by atoms with van der Waals surface area (Å²) in [5, 5.41) is 1.02. The quantitative estimate of drug-likeness (QED) is 0.530. The molecular formula is C6H11IS. The van der Waals surface area contributed by atoms with Crippen LogP contribution in [0.4, 0.5) is 0 Å². The normalized spacial score (nSPS) is 28.9. The Labute approximate surface area is 68.9 Å². The van der Waals surface area contributed by atoms with Gasteiger partial charge in [-0.05, 0) is 25.0 Å². The lowest BCUT2D eigenvalue weighted by molar-refractivity contribution is 0.769. The van der Waals surface area contributed by atoms with E-state index in [2.05, 4.69) is 34.4 Å². The minimum atomic E-state index is 1.02. The van der Waals surface area contributed by atoms with E-state index in [-0.39, 0.29) is 0 Å². The molecule has 0 aromatic heterocycles. The van der Waals surface area contributed by atoms with E-state index in [0.29, 0.717) is 0 Å². The van der Waals surface area contributed by atoms with Crippen LogP contribution in [0.3, 0.4) is 0 Å². The van der Waals surface area contributed by atoms with Gasteiger partial charge in [0, 0.05) is 9.68 Å². The van der Waals surface area contributed by atoms with Crippen molar-refractivity contribution in [1.82, 2.24) is 0 Å². The summed E-state index contributed by atoms with van der Waals surface area (Å²) in [6.07, 6.45) is 4.38. The monoisotopic (exact) mass is 242 g/mol. The van der Waals surface area contributed by atoms with Gasteiger partial charge < -0.3 is 0 Å². The van der Waals surface area contributed by atoms with Gasteiger partial charge in [0.15, 0.2) is 0 Å². The van der Waals surface area contributed by atoms with E-state index in [1.807, 2.05) is 0 Å². The molecule has 0 aromatic carbocycles. The van der Waals surface area contributed by atoms with Crippen LogP contribution < -0.4 is 0 Å². The molecule has 48 valence electrons. The van der Waals surface area contributed by atoms with Crippen molar-refractivity contribution in [1.29, 1.82) is 0 Å². The molecule has 0 saturated carbocycles. The van der Waals surface area contributed by atoms with Gasteiger partial charge in [0.25, 0.3) is 0 Å². The summed E-state index contributed by atoms with van der Waals surface area (Å²) >= 11 is 4.63. The summed E-state index contributed by atoms with van der Waals surface area (Å²) < 4.78 is 1.34. The lowest BCUT2D eigenvalue weighted by Gasteiger charge is -2.02. The molecule has 0 aromatic rings. The average molecular weight is 242 g/mol. The van der Waals surface area contributed by atoms with Gasteiger partial charge in [-0.15, -0.1) is 0 Å². The largest absolute Gasteiger partial charge is 0.159 e. The third-order valence-electron chi connectivity index (χ3n) is 1.46. The Morgan fingerprint density at radius 2 is 2.50 bits per heavy atom. The topological polar surface area (TPSA) is 0 Å². The molecule has 0 amide bonds. The molecule has 0 N–H and O–H groups in total. The molecule has 0 spiro atoms. The summed E-state index contributed by atoms with van der Waals surface area (Å²) in [4.78, 5) is 0. The predicted molar refractivity (Wildman–Crippen MR) is 49.0 cm³/mol. The zero-order valence-electron chi connectivity index (χ0n) is 4.90. The molecule has 0 radical (unpaired) electrons. The van der Waals surface area contributed by atoms with Crippen molar-refractivity contribution in [3.05, 3.63) is 0 Å². The number of halogens is 1. The molecule has 1 saturated heterocycles. The summed E-state index contributed by atoms with van der Waals surface area (Å²) in [7, 11) is 0. The van der Waals surface area contributed by atoms with Crippen LogP contribution >= 0.6 is 34.4 Å². The van der Waals surface area contributed by atoms with Crippen LogP contribution in [0.15, 0.2) is 0 Å². The van der Waals surface area contributed by atoms with Crippen LogP contribution in [0.25, 0.3) is 0 Å². The van der Waals surface area contributed by atoms with Gasteiger partial charge in [-0.2, -0.15) is 11.8 Å². The zero-order valence-corrected chi connectivity index (χ0v) is 7.87. The van der Waals surface area contributed by atoms with Crippen LogP contribution in [0.5, 0.6) is 0 Å². The van der Waals surface area contributed by atoms with Crippen molar-refractivity contribution in [3.8, 4) is 0 Å². The van der Waals surface area contributed by atoms with Crippen LogP contribution in [0, 0.1) is 0 Å². The Bertz CT molecular complexity index is 59.5. The minimum Gasteiger partial charge on any atom is -0.159 e. The Morgan fingerprint density at radius 1 is 1.62 bits per heavy atom. The summed E-state index contributed by atoms with van der Waals surface area (Å²) in [6, 6.07) is 0. The van der Waals surface area contributed by atoms with Gasteiger partial charge in [0.2, 0.25) is 0 Å². The smallest absolute Gasteiger partial charge is 0.00546 e. The van der Waals surface area contributed by atoms with Gasteiger partial charge in [0.1, 0.15) is 0 Å². The molecule has 0 nitrogen and oxygen atoms in total. The summed E-state index contributed by atoms with van der Waals surface area (Å²) in [6.45, 7) is 0. The number of hydrogen-bond acceptors (Lipinski definition) is 1. The van der Waals surface area contributed by atoms with Gasteiger partial charge in [-0.3, -0.25) is 0 Å². The van der Waals surface area contributed by atoms with Gasteiger partial charge >= 0.3 is 0 Å². The lowest BCUT2D eigenvalue weighted by Crippen LogP contribution is -1.95. The number of thioether (sulfide) groups is 1. The molecule has 1 atom stereocenters. The van der Waals surface area contributed by atoms with Gasteiger partial charge in [-0.1, -0.05) is 22.6 Å². The van der Waals surface area contributed by atoms with Crippen LogP contribution in [0.2, 0.25) is 0 Å². The molecule has 0 bridgehead atoms. The van der Waals surface area contributed by atoms with Crippen molar-refractivity contribution >= 4 is 34.4 Å². The highest BCUT2D eigenvalue weighted by Gasteiger charge is 2.13. The first-order valence-corrected chi connectivity index (χ1v) is 5.68. The Balaban J connectivity index is 2.06. The molecule has 0 aliphatic carbocycles. The molecule has 1 aliphatic rings. The second kappa shape index (κ2) is 3.99. The third-order valence-corrected chi connectivity index (χ3v) is 3.55. The lowest BCUT2D eigenvalue weighted by atomic mass is 10.2. The fourth-order valence-corrected chi connectivity index (χ4v) is 3.45. The molecular weight excluding hydrogens is 231 g/mol. The van der Waals surface area contributed by atoms with E-state index in [9.17, 15) is 0 Å². The standard InChI is InChI=1S/C6H11IS/c7-4-3-6-2-1-5-8-6/h6H,1-5H2. The van der Waals surface area contributed by atoms with E-state index in [0.717, 1.165) is 5.25 Å². The summed E-state index contributed by atoms with van der Waals surface area (Å²) in [5.41, 5.74) is 0. The fourth-order valence-electron chi connectivity index (χ4n) is 0.994. The SMILES string of the molecule is ICCC1CCCS1. The molecule has 1 aliphatic heterocycles. The minimum absolute atomic E-state index is 1.02. The molecule has 1 fully saturated rings. The molecule has 1 rings (SSSR count). The van der Waals surface area contributed by atoms with E-state index in [1.54, 1.807) is 0 Å². The van der Waals surface area contributed by atoms with Gasteiger partial charge in [0.05, 0.1) is 0 Å². The Hall–Kier alpha value is 1.08. The maximum absolute atomic E-state index is 2.46. The van der Waals surface area contributed by atoms with Crippen molar-refractivity contribution in [2.45, 2.75) is 24.5 Å². The van der Waals surface area contributed by atoms with E-state index >= 15 is 0 Å². The van der Waals surface area contributed by atoms with Gasteiger partial charge in [-0.25, -0.2) is 0 Å². The molecule has 1 heterocycles. The highest BCUT2D eigenvalue weighted by molar-refractivity contribution is 14.1. The van der Waals surface area contributed by atoms with E-state index in [1.165, 1.54) is 29.4 Å². The maximum atomic E-state index is 2.46. The highest BCUT2D eigenvalue weighted by Crippen LogP contribution is 2.28. The van der Waals surface area contributed by atoms with Crippen LogP contribution in [-0.2, 0) is 0 Å². The second-order valence-electron chi connectivity index (χ2n) is 2.11. The van der Waals surface area contributed by atoms with Crippen LogP contribution in [-0.4, -0.2) is 15.4 Å². The maximum Gasteiger partial charge on any atom is 0.00546 e. The van der Waals surface area contributed by atoms with E-state index in [4.69, 9.17) is 0 Å². The van der Waals surface area contributed by atoms with E-state index < -0.39 is 0 Å². The Kier molecular flexibility index (Phi) is 3.58. The van der Waals surface area contributed by atoms with Crippen molar-refractivity contribution in [2.24, 2.45) is 0 Å². The molecule has 2 heteroatoms. The van der Waals surface area contributed by atoms with Crippen molar-refractivity contribution in [3.63, 3.8) is 0 Å². The third kappa shape index (κ3) is 2.13. The van der Waals surface area contributed by atoms with Crippen molar-refractivity contribution < 1.29 is 0 Å². The molecule has 8 heavy (non-hydrogen) atoms. The molecule has 1 unspecified atom stereocenters. The first kappa shape index (κ1) is 7.19. The average Bonchev–Trinajstić information content (AvgIpc) is 2.19. The first-order chi connectivity index (χ1) is 3.93. The summed E-state index contributed by atoms with van der Waals surface area (Å²) in [5.74, 6) is 1.42. The van der Waals surface area contributed by atoms with Crippen molar-refractivity contribution in [2.75, 3.05) is 10.2 Å². The zero-order chi connectivity index (χ0) is 5.82. The number of rotatable bonds is 2. The highest BCUT2D eigenvalue weighted by atomic mass is 127. The van der Waals surface area contributed by atoms with Crippen LogP contribution in [0.1, 0.15) is 19.3 Å². The number of hydrogen-bond donors (Lipinski definition) is 0. The first-order valence-electron chi connectivity index (χ1n) is 3.11. The second-order valence-corrected chi connectivity index (χ2v) is 4.60.